The lowest BCUT2D eigenvalue weighted by molar-refractivity contribution is 0.151. The van der Waals surface area contributed by atoms with E-state index in [0.29, 0.717) is 12.4 Å². The molecule has 0 radical (unpaired) electrons. The summed E-state index contributed by atoms with van der Waals surface area (Å²) in [5.41, 5.74) is 0.768. The molecule has 0 aliphatic heterocycles. The van der Waals surface area contributed by atoms with E-state index in [1.54, 1.807) is 31.2 Å². The molecule has 26 heavy (non-hydrogen) atoms. The predicted molar refractivity (Wildman–Crippen MR) is 97.4 cm³/mol. The molecule has 0 saturated carbocycles. The molecule has 0 aliphatic rings. The molecule has 2 aromatic carbocycles. The summed E-state index contributed by atoms with van der Waals surface area (Å²) in [4.78, 5) is 11.4. The summed E-state index contributed by atoms with van der Waals surface area (Å²) in [5.74, 6) is 0.685. The van der Waals surface area contributed by atoms with Crippen molar-refractivity contribution in [2.24, 2.45) is 0 Å². The van der Waals surface area contributed by atoms with Crippen LogP contribution in [-0.4, -0.2) is 34.3 Å². The highest BCUT2D eigenvalue weighted by molar-refractivity contribution is 7.89. The van der Waals surface area contributed by atoms with Crippen LogP contribution in [0.1, 0.15) is 12.5 Å². The lowest BCUT2D eigenvalue weighted by Gasteiger charge is -2.09. The molecule has 0 spiro atoms. The predicted octanol–water partition coefficient (Wildman–Crippen LogP) is 2.29. The number of para-hydroxylation sites is 1. The van der Waals surface area contributed by atoms with Gasteiger partial charge in [0.25, 0.3) is 0 Å². The average Bonchev–Trinajstić information content (AvgIpc) is 2.65. The maximum Gasteiger partial charge on any atom is 0.407 e. The van der Waals surface area contributed by atoms with E-state index in [4.69, 9.17) is 9.47 Å². The van der Waals surface area contributed by atoms with Gasteiger partial charge in [0.15, 0.2) is 0 Å². The van der Waals surface area contributed by atoms with Gasteiger partial charge in [0, 0.05) is 13.1 Å². The Labute approximate surface area is 153 Å². The Balaban J connectivity index is 1.81. The van der Waals surface area contributed by atoms with E-state index in [9.17, 15) is 13.2 Å². The number of amides is 1. The quantitative estimate of drug-likeness (QED) is 0.653. The van der Waals surface area contributed by atoms with Crippen molar-refractivity contribution in [1.82, 2.24) is 10.0 Å². The summed E-state index contributed by atoms with van der Waals surface area (Å²) in [6.07, 6.45) is -0.510. The van der Waals surface area contributed by atoms with Crippen LogP contribution in [-0.2, 0) is 21.3 Å². The Kier molecular flexibility index (Phi) is 7.43. The van der Waals surface area contributed by atoms with Crippen molar-refractivity contribution in [3.8, 4) is 5.75 Å². The van der Waals surface area contributed by atoms with E-state index in [1.807, 2.05) is 18.2 Å². The topological polar surface area (TPSA) is 93.7 Å². The minimum atomic E-state index is -3.61. The molecule has 2 N–H and O–H groups in total. The summed E-state index contributed by atoms with van der Waals surface area (Å²) in [5, 5.41) is 2.57. The minimum absolute atomic E-state index is 0.150. The molecule has 8 heteroatoms. The third-order valence-corrected chi connectivity index (χ3v) is 4.83. The van der Waals surface area contributed by atoms with E-state index < -0.39 is 16.1 Å². The van der Waals surface area contributed by atoms with Crippen LogP contribution >= 0.6 is 0 Å². The highest BCUT2D eigenvalue weighted by Gasteiger charge is 2.13. The van der Waals surface area contributed by atoms with Crippen LogP contribution < -0.4 is 14.8 Å². The average molecular weight is 378 g/mol. The molecule has 0 atom stereocenters. The maximum atomic E-state index is 12.2. The van der Waals surface area contributed by atoms with E-state index in [2.05, 4.69) is 10.0 Å². The first-order chi connectivity index (χ1) is 12.5. The molecule has 140 valence electrons. The number of alkyl carbamates (subject to hydrolysis) is 1. The summed E-state index contributed by atoms with van der Waals surface area (Å²) in [6, 6.07) is 15.4. The lowest BCUT2D eigenvalue weighted by atomic mass is 10.2. The fraction of sp³-hybridized carbons (Fsp3) is 0.278. The molecule has 0 unspecified atom stereocenters. The molecular weight excluding hydrogens is 356 g/mol. The van der Waals surface area contributed by atoms with Crippen molar-refractivity contribution in [2.45, 2.75) is 18.4 Å². The number of benzene rings is 2. The van der Waals surface area contributed by atoms with E-state index >= 15 is 0 Å². The van der Waals surface area contributed by atoms with Gasteiger partial charge in [-0.1, -0.05) is 30.3 Å². The third kappa shape index (κ3) is 6.38. The van der Waals surface area contributed by atoms with Gasteiger partial charge in [-0.15, -0.1) is 0 Å². The number of sulfonamides is 1. The van der Waals surface area contributed by atoms with Crippen molar-refractivity contribution >= 4 is 16.1 Å². The normalized spacial score (nSPS) is 11.0. The number of hydrogen-bond acceptors (Lipinski definition) is 5. The number of carbonyl (C=O) groups excluding carboxylic acids is 1. The molecule has 1 amide bonds. The molecule has 0 saturated heterocycles. The fourth-order valence-corrected chi connectivity index (χ4v) is 3.10. The van der Waals surface area contributed by atoms with E-state index in [-0.39, 0.29) is 24.6 Å². The van der Waals surface area contributed by atoms with Crippen molar-refractivity contribution in [2.75, 3.05) is 19.8 Å². The van der Waals surface area contributed by atoms with Crippen LogP contribution in [0.3, 0.4) is 0 Å². The second kappa shape index (κ2) is 9.79. The fourth-order valence-electron chi connectivity index (χ4n) is 2.09. The van der Waals surface area contributed by atoms with Crippen LogP contribution in [0.2, 0.25) is 0 Å². The standard InChI is InChI=1S/C18H22N2O5S/c1-2-24-18(21)19-14-15-8-10-17(11-9-15)26(22,23)20-12-13-25-16-6-4-3-5-7-16/h3-11,20H,2,12-14H2,1H3,(H,19,21). The minimum Gasteiger partial charge on any atom is -0.492 e. The molecule has 7 nitrogen and oxygen atoms in total. The Morgan fingerprint density at radius 3 is 2.38 bits per heavy atom. The van der Waals surface area contributed by atoms with Crippen LogP contribution in [0, 0.1) is 0 Å². The van der Waals surface area contributed by atoms with Gasteiger partial charge >= 0.3 is 6.09 Å². The van der Waals surface area contributed by atoms with Gasteiger partial charge in [-0.2, -0.15) is 0 Å². The third-order valence-electron chi connectivity index (χ3n) is 3.35. The SMILES string of the molecule is CCOC(=O)NCc1ccc(S(=O)(=O)NCCOc2ccccc2)cc1. The summed E-state index contributed by atoms with van der Waals surface area (Å²) in [7, 11) is -3.61. The molecule has 2 aromatic rings. The lowest BCUT2D eigenvalue weighted by Crippen LogP contribution is -2.28. The summed E-state index contributed by atoms with van der Waals surface area (Å²) < 4.78 is 37.2. The number of ether oxygens (including phenoxy) is 2. The first-order valence-corrected chi connectivity index (χ1v) is 9.66. The Morgan fingerprint density at radius 1 is 1.04 bits per heavy atom. The monoisotopic (exact) mass is 378 g/mol. The summed E-state index contributed by atoms with van der Waals surface area (Å²) in [6.45, 7) is 2.66. The Bertz CT molecular complexity index is 792. The number of rotatable bonds is 9. The molecular formula is C18H22N2O5S. The number of hydrogen-bond donors (Lipinski definition) is 2. The van der Waals surface area contributed by atoms with Gasteiger partial charge in [-0.3, -0.25) is 0 Å². The van der Waals surface area contributed by atoms with Crippen LogP contribution in [0.25, 0.3) is 0 Å². The van der Waals surface area contributed by atoms with Crippen molar-refractivity contribution in [3.63, 3.8) is 0 Å². The molecule has 0 aromatic heterocycles. The van der Waals surface area contributed by atoms with Crippen LogP contribution in [0.4, 0.5) is 4.79 Å². The van der Waals surface area contributed by atoms with Crippen molar-refractivity contribution in [3.05, 3.63) is 60.2 Å². The zero-order valence-electron chi connectivity index (χ0n) is 14.5. The van der Waals surface area contributed by atoms with Gasteiger partial charge in [0.1, 0.15) is 12.4 Å². The van der Waals surface area contributed by atoms with Crippen molar-refractivity contribution < 1.29 is 22.7 Å². The maximum absolute atomic E-state index is 12.2. The first-order valence-electron chi connectivity index (χ1n) is 8.18. The largest absolute Gasteiger partial charge is 0.492 e. The highest BCUT2D eigenvalue weighted by atomic mass is 32.2. The van der Waals surface area contributed by atoms with Gasteiger partial charge in [0.05, 0.1) is 11.5 Å². The zero-order chi connectivity index (χ0) is 18.8. The van der Waals surface area contributed by atoms with Gasteiger partial charge < -0.3 is 14.8 Å². The highest BCUT2D eigenvalue weighted by Crippen LogP contribution is 2.11. The van der Waals surface area contributed by atoms with E-state index in [1.165, 1.54) is 12.1 Å². The summed E-state index contributed by atoms with van der Waals surface area (Å²) >= 11 is 0. The number of nitrogens with one attached hydrogen (secondary N) is 2. The number of carbonyl (C=O) groups is 1. The second-order valence-electron chi connectivity index (χ2n) is 5.28. The molecule has 0 heterocycles. The Morgan fingerprint density at radius 2 is 1.73 bits per heavy atom. The smallest absolute Gasteiger partial charge is 0.407 e. The van der Waals surface area contributed by atoms with Gasteiger partial charge in [0.2, 0.25) is 10.0 Å². The van der Waals surface area contributed by atoms with Crippen LogP contribution in [0.15, 0.2) is 59.5 Å². The second-order valence-corrected chi connectivity index (χ2v) is 7.04. The zero-order valence-corrected chi connectivity index (χ0v) is 15.3. The van der Waals surface area contributed by atoms with Crippen molar-refractivity contribution in [1.29, 1.82) is 0 Å². The molecule has 0 fully saturated rings. The Hall–Kier alpha value is -2.58. The van der Waals surface area contributed by atoms with Gasteiger partial charge in [-0.05, 0) is 36.8 Å². The molecule has 0 aliphatic carbocycles. The van der Waals surface area contributed by atoms with Crippen LogP contribution in [0.5, 0.6) is 5.75 Å². The molecule has 2 rings (SSSR count). The van der Waals surface area contributed by atoms with Gasteiger partial charge in [-0.25, -0.2) is 17.9 Å². The molecule has 0 bridgehead atoms. The van der Waals surface area contributed by atoms with E-state index in [0.717, 1.165) is 5.56 Å². The first kappa shape index (κ1) is 19.7.